The summed E-state index contributed by atoms with van der Waals surface area (Å²) in [6.07, 6.45) is 7.25. The van der Waals surface area contributed by atoms with E-state index in [2.05, 4.69) is 27.0 Å². The van der Waals surface area contributed by atoms with Crippen molar-refractivity contribution in [2.45, 2.75) is 97.2 Å². The zero-order valence-electron chi connectivity index (χ0n) is 27.2. The van der Waals surface area contributed by atoms with Crippen LogP contribution in [0.25, 0.3) is 10.9 Å². The first-order chi connectivity index (χ1) is 21.5. The molecular weight excluding hydrogens is 574 g/mol. The number of hydrogen-bond acceptors (Lipinski definition) is 6. The molecule has 0 saturated heterocycles. The van der Waals surface area contributed by atoms with Crippen molar-refractivity contribution >= 4 is 40.5 Å². The quantitative estimate of drug-likeness (QED) is 0.211. The summed E-state index contributed by atoms with van der Waals surface area (Å²) in [6, 6.07) is 5.96. The minimum Gasteiger partial charge on any atom is -0.463 e. The van der Waals surface area contributed by atoms with Gasteiger partial charge in [-0.25, -0.2) is 0 Å². The number of carbonyl (C=O) groups is 5. The molecule has 0 saturated carbocycles. The predicted molar refractivity (Wildman–Crippen MR) is 173 cm³/mol. The zero-order valence-corrected chi connectivity index (χ0v) is 27.2. The van der Waals surface area contributed by atoms with E-state index in [1.54, 1.807) is 7.05 Å². The molecule has 1 aliphatic heterocycles. The second kappa shape index (κ2) is 17.4. The van der Waals surface area contributed by atoms with Gasteiger partial charge in [0.15, 0.2) is 0 Å². The molecule has 0 unspecified atom stereocenters. The lowest BCUT2D eigenvalue weighted by Gasteiger charge is -2.31. The molecule has 2 heterocycles. The summed E-state index contributed by atoms with van der Waals surface area (Å²) in [5.41, 5.74) is 2.82. The molecule has 11 heteroatoms. The van der Waals surface area contributed by atoms with Crippen LogP contribution < -0.4 is 16.0 Å². The third-order valence-corrected chi connectivity index (χ3v) is 8.22. The number of aromatic amines is 1. The fourth-order valence-corrected chi connectivity index (χ4v) is 5.59. The summed E-state index contributed by atoms with van der Waals surface area (Å²) >= 11 is 0. The van der Waals surface area contributed by atoms with E-state index in [9.17, 15) is 24.0 Å². The van der Waals surface area contributed by atoms with E-state index in [0.29, 0.717) is 45.1 Å². The number of unbranched alkanes of at least 4 members (excludes halogenated alkanes) is 1. The van der Waals surface area contributed by atoms with Gasteiger partial charge >= 0.3 is 5.97 Å². The molecular formula is C34H49N5O6. The standard InChI is InChI=1S/C34H49N5O6/c1-22-11-10-12-24(3)45-31(41)16-18-36-33(43)30(20-26-21-37-28-14-7-6-13-27(26)28)39(5)34(44)29(38-32(42)23(2)19-22)15-8-9-17-35-25(4)40/h6-7,11,13-14,21,23-24,29-30,37H,8-10,12,15-20H2,1-5H3,(H,35,40)(H,36,43)(H,38,42)/b22-11+/t23-,24-,29-,30+/m0/s1. The molecule has 1 aromatic heterocycles. The number of hydrogen-bond donors (Lipinski definition) is 4. The Morgan fingerprint density at radius 3 is 2.60 bits per heavy atom. The summed E-state index contributed by atoms with van der Waals surface area (Å²) in [6.45, 7) is 7.62. The number of ether oxygens (including phenoxy) is 1. The van der Waals surface area contributed by atoms with Gasteiger partial charge < -0.3 is 30.6 Å². The first-order valence-electron chi connectivity index (χ1n) is 16.0. The van der Waals surface area contributed by atoms with Crippen LogP contribution in [0.5, 0.6) is 0 Å². The number of nitrogens with one attached hydrogen (secondary N) is 4. The Kier molecular flexibility index (Phi) is 13.6. The molecule has 1 aromatic carbocycles. The van der Waals surface area contributed by atoms with E-state index < -0.39 is 24.0 Å². The van der Waals surface area contributed by atoms with E-state index >= 15 is 0 Å². The van der Waals surface area contributed by atoms with Crippen LogP contribution in [0, 0.1) is 5.92 Å². The maximum atomic E-state index is 14.1. The van der Waals surface area contributed by atoms with Crippen molar-refractivity contribution in [2.75, 3.05) is 20.1 Å². The highest BCUT2D eigenvalue weighted by Crippen LogP contribution is 2.22. The van der Waals surface area contributed by atoms with Crippen molar-refractivity contribution in [3.8, 4) is 0 Å². The Morgan fingerprint density at radius 1 is 1.09 bits per heavy atom. The minimum atomic E-state index is -0.907. The summed E-state index contributed by atoms with van der Waals surface area (Å²) < 4.78 is 5.53. The maximum absolute atomic E-state index is 14.1. The van der Waals surface area contributed by atoms with Gasteiger partial charge in [-0.05, 0) is 64.0 Å². The Morgan fingerprint density at radius 2 is 1.84 bits per heavy atom. The SMILES string of the molecule is CC(=O)NCCCC[C@@H]1NC(=O)[C@@H](C)C/C(C)=C/CC[C@H](C)OC(=O)CCNC(=O)[C@@H](Cc2c[nH]c3ccccc23)N(C)C1=O. The first kappa shape index (κ1) is 35.3. The van der Waals surface area contributed by atoms with Gasteiger partial charge in [0.2, 0.25) is 23.6 Å². The molecule has 0 bridgehead atoms. The highest BCUT2D eigenvalue weighted by Gasteiger charge is 2.33. The van der Waals surface area contributed by atoms with Crippen LogP contribution >= 0.6 is 0 Å². The van der Waals surface area contributed by atoms with E-state index in [4.69, 9.17) is 4.74 Å². The molecule has 4 amide bonds. The van der Waals surface area contributed by atoms with Gasteiger partial charge in [0, 0.05) is 56.5 Å². The maximum Gasteiger partial charge on any atom is 0.307 e. The van der Waals surface area contributed by atoms with Crippen LogP contribution in [0.15, 0.2) is 42.1 Å². The number of para-hydroxylation sites is 1. The van der Waals surface area contributed by atoms with E-state index in [1.165, 1.54) is 11.8 Å². The average Bonchev–Trinajstić information content (AvgIpc) is 3.40. The van der Waals surface area contributed by atoms with Crippen molar-refractivity contribution in [3.63, 3.8) is 0 Å². The highest BCUT2D eigenvalue weighted by molar-refractivity contribution is 5.93. The van der Waals surface area contributed by atoms with Crippen molar-refractivity contribution in [1.29, 1.82) is 0 Å². The van der Waals surface area contributed by atoms with Gasteiger partial charge in [-0.1, -0.05) is 36.8 Å². The summed E-state index contributed by atoms with van der Waals surface area (Å²) in [4.78, 5) is 69.5. The molecule has 2 aromatic rings. The molecule has 0 fully saturated rings. The van der Waals surface area contributed by atoms with Crippen LogP contribution in [-0.4, -0.2) is 77.8 Å². The van der Waals surface area contributed by atoms with E-state index in [0.717, 1.165) is 22.0 Å². The summed E-state index contributed by atoms with van der Waals surface area (Å²) in [5.74, 6) is -1.94. The third kappa shape index (κ3) is 11.1. The van der Waals surface area contributed by atoms with Crippen molar-refractivity contribution in [1.82, 2.24) is 25.8 Å². The number of aromatic nitrogens is 1. The summed E-state index contributed by atoms with van der Waals surface area (Å²) in [7, 11) is 1.58. The monoisotopic (exact) mass is 623 g/mol. The summed E-state index contributed by atoms with van der Waals surface area (Å²) in [5, 5.41) is 9.50. The van der Waals surface area contributed by atoms with Crippen molar-refractivity contribution < 1.29 is 28.7 Å². The molecule has 4 N–H and O–H groups in total. The Hall–Kier alpha value is -4.15. The van der Waals surface area contributed by atoms with Crippen LogP contribution in [0.1, 0.15) is 78.2 Å². The van der Waals surface area contributed by atoms with Crippen LogP contribution in [0.3, 0.4) is 0 Å². The van der Waals surface area contributed by atoms with Gasteiger partial charge in [0.25, 0.3) is 0 Å². The highest BCUT2D eigenvalue weighted by atomic mass is 16.5. The second-order valence-electron chi connectivity index (χ2n) is 12.1. The number of likely N-dealkylation sites (N-methyl/N-ethyl adjacent to an activating group) is 1. The van der Waals surface area contributed by atoms with Crippen molar-refractivity contribution in [3.05, 3.63) is 47.7 Å². The predicted octanol–water partition coefficient (Wildman–Crippen LogP) is 3.53. The minimum absolute atomic E-state index is 0.00685. The number of cyclic esters (lactones) is 1. The molecule has 11 nitrogen and oxygen atoms in total. The number of nitrogens with zero attached hydrogens (tertiary/aromatic N) is 1. The first-order valence-corrected chi connectivity index (χ1v) is 16.0. The number of allylic oxidation sites excluding steroid dienone is 2. The van der Waals surface area contributed by atoms with Crippen LogP contribution in [-0.2, 0) is 35.1 Å². The lowest BCUT2D eigenvalue weighted by molar-refractivity contribution is -0.148. The number of H-pyrrole nitrogens is 1. The van der Waals surface area contributed by atoms with Gasteiger partial charge in [-0.3, -0.25) is 24.0 Å². The largest absolute Gasteiger partial charge is 0.463 e. The number of fused-ring (bicyclic) bond motifs is 1. The normalized spacial score (nSPS) is 24.4. The van der Waals surface area contributed by atoms with Crippen LogP contribution in [0.4, 0.5) is 0 Å². The molecule has 0 radical (unpaired) electrons. The van der Waals surface area contributed by atoms with E-state index in [-0.39, 0.29) is 49.1 Å². The average molecular weight is 624 g/mol. The number of carbonyl (C=O) groups excluding carboxylic acids is 5. The van der Waals surface area contributed by atoms with Crippen LogP contribution in [0.2, 0.25) is 0 Å². The molecule has 246 valence electrons. The van der Waals surface area contributed by atoms with Gasteiger partial charge in [0.05, 0.1) is 12.5 Å². The van der Waals surface area contributed by atoms with Gasteiger partial charge in [-0.15, -0.1) is 0 Å². The lowest BCUT2D eigenvalue weighted by Crippen LogP contribution is -2.55. The number of amides is 4. The molecule has 4 atom stereocenters. The fraction of sp³-hybridized carbons (Fsp3) is 0.559. The Bertz CT molecular complexity index is 1370. The number of rotatable bonds is 7. The van der Waals surface area contributed by atoms with Crippen molar-refractivity contribution in [2.24, 2.45) is 5.92 Å². The topological polar surface area (TPSA) is 150 Å². The smallest absolute Gasteiger partial charge is 0.307 e. The Labute approximate surface area is 265 Å². The molecule has 1 aliphatic rings. The second-order valence-corrected chi connectivity index (χ2v) is 12.1. The van der Waals surface area contributed by atoms with Gasteiger partial charge in [0.1, 0.15) is 12.1 Å². The zero-order chi connectivity index (χ0) is 32.9. The molecule has 0 spiro atoms. The molecule has 0 aliphatic carbocycles. The Balaban J connectivity index is 1.90. The molecule has 45 heavy (non-hydrogen) atoms. The number of esters is 1. The number of benzene rings is 1. The fourth-order valence-electron chi connectivity index (χ4n) is 5.59. The molecule has 3 rings (SSSR count). The third-order valence-electron chi connectivity index (χ3n) is 8.22. The van der Waals surface area contributed by atoms with Gasteiger partial charge in [-0.2, -0.15) is 0 Å². The van der Waals surface area contributed by atoms with E-state index in [1.807, 2.05) is 51.2 Å². The lowest BCUT2D eigenvalue weighted by atomic mass is 9.98.